The molecule has 1 amide bonds. The van der Waals surface area contributed by atoms with Crippen LogP contribution in [0.25, 0.3) is 17.3 Å². The highest BCUT2D eigenvalue weighted by atomic mass is 16.5. The van der Waals surface area contributed by atoms with Crippen molar-refractivity contribution in [1.82, 2.24) is 10.1 Å². The van der Waals surface area contributed by atoms with Gasteiger partial charge in [0.05, 0.1) is 0 Å². The summed E-state index contributed by atoms with van der Waals surface area (Å²) in [7, 11) is 0. The summed E-state index contributed by atoms with van der Waals surface area (Å²) in [6.07, 6.45) is 6.54. The summed E-state index contributed by atoms with van der Waals surface area (Å²) < 4.78 is 5.10. The van der Waals surface area contributed by atoms with E-state index in [1.54, 1.807) is 24.5 Å². The monoisotopic (exact) mass is 291 g/mol. The van der Waals surface area contributed by atoms with Crippen molar-refractivity contribution >= 4 is 17.9 Å². The Morgan fingerprint density at radius 3 is 2.77 bits per heavy atom. The zero-order chi connectivity index (χ0) is 15.2. The maximum Gasteiger partial charge on any atom is 0.250 e. The van der Waals surface area contributed by atoms with E-state index in [1.807, 2.05) is 42.5 Å². The third-order valence-electron chi connectivity index (χ3n) is 2.94. The third kappa shape index (κ3) is 3.46. The molecule has 3 rings (SSSR count). The minimum absolute atomic E-state index is 0.280. The SMILES string of the molecule is O=C(/C=C/c1ccccc1)Nc1cc(-c2cccnc2)no1. The molecule has 2 aromatic heterocycles. The molecular formula is C17H13N3O2. The summed E-state index contributed by atoms with van der Waals surface area (Å²) in [5, 5.41) is 6.53. The van der Waals surface area contributed by atoms with E-state index in [0.717, 1.165) is 11.1 Å². The van der Waals surface area contributed by atoms with Gasteiger partial charge in [0.1, 0.15) is 5.69 Å². The van der Waals surface area contributed by atoms with Gasteiger partial charge < -0.3 is 4.52 Å². The molecule has 3 aromatic rings. The van der Waals surface area contributed by atoms with Gasteiger partial charge in [0.15, 0.2) is 0 Å². The Hall–Kier alpha value is -3.21. The number of aromatic nitrogens is 2. The lowest BCUT2D eigenvalue weighted by molar-refractivity contribution is -0.112. The molecule has 0 saturated heterocycles. The summed E-state index contributed by atoms with van der Waals surface area (Å²) >= 11 is 0. The summed E-state index contributed by atoms with van der Waals surface area (Å²) in [4.78, 5) is 15.8. The van der Waals surface area contributed by atoms with Crippen molar-refractivity contribution < 1.29 is 9.32 Å². The van der Waals surface area contributed by atoms with Crippen LogP contribution in [0.5, 0.6) is 0 Å². The third-order valence-corrected chi connectivity index (χ3v) is 2.94. The van der Waals surface area contributed by atoms with Gasteiger partial charge in [-0.05, 0) is 23.8 Å². The fourth-order valence-corrected chi connectivity index (χ4v) is 1.88. The molecule has 108 valence electrons. The first-order chi connectivity index (χ1) is 10.8. The highest BCUT2D eigenvalue weighted by Crippen LogP contribution is 2.20. The molecule has 0 fully saturated rings. The number of anilines is 1. The van der Waals surface area contributed by atoms with E-state index in [4.69, 9.17) is 4.52 Å². The number of rotatable bonds is 4. The Balaban J connectivity index is 1.65. The van der Waals surface area contributed by atoms with Crippen LogP contribution in [-0.4, -0.2) is 16.0 Å². The zero-order valence-electron chi connectivity index (χ0n) is 11.6. The van der Waals surface area contributed by atoms with Crippen LogP contribution >= 0.6 is 0 Å². The molecule has 1 aromatic carbocycles. The second-order valence-corrected chi connectivity index (χ2v) is 4.55. The molecule has 0 atom stereocenters. The Kier molecular flexibility index (Phi) is 4.06. The average Bonchev–Trinajstić information content (AvgIpc) is 3.03. The maximum atomic E-state index is 11.8. The number of nitrogens with zero attached hydrogens (tertiary/aromatic N) is 2. The highest BCUT2D eigenvalue weighted by molar-refractivity contribution is 6.01. The first-order valence-electron chi connectivity index (χ1n) is 6.72. The van der Waals surface area contributed by atoms with Crippen molar-refractivity contribution in [1.29, 1.82) is 0 Å². The fourth-order valence-electron chi connectivity index (χ4n) is 1.88. The minimum atomic E-state index is -0.280. The Morgan fingerprint density at radius 2 is 2.00 bits per heavy atom. The molecule has 0 radical (unpaired) electrons. The average molecular weight is 291 g/mol. The molecule has 0 bridgehead atoms. The second kappa shape index (κ2) is 6.49. The van der Waals surface area contributed by atoms with Gasteiger partial charge in [-0.2, -0.15) is 0 Å². The van der Waals surface area contributed by atoms with E-state index in [0.29, 0.717) is 11.6 Å². The van der Waals surface area contributed by atoms with Crippen molar-refractivity contribution in [3.8, 4) is 11.3 Å². The molecule has 0 spiro atoms. The zero-order valence-corrected chi connectivity index (χ0v) is 11.6. The van der Waals surface area contributed by atoms with Crippen LogP contribution < -0.4 is 5.32 Å². The van der Waals surface area contributed by atoms with Gasteiger partial charge in [-0.25, -0.2) is 0 Å². The second-order valence-electron chi connectivity index (χ2n) is 4.55. The molecule has 0 saturated carbocycles. The van der Waals surface area contributed by atoms with E-state index in [1.165, 1.54) is 6.08 Å². The van der Waals surface area contributed by atoms with Crippen LogP contribution in [-0.2, 0) is 4.79 Å². The Morgan fingerprint density at radius 1 is 1.14 bits per heavy atom. The summed E-state index contributed by atoms with van der Waals surface area (Å²) in [6.45, 7) is 0. The summed E-state index contributed by atoms with van der Waals surface area (Å²) in [5.41, 5.74) is 2.40. The topological polar surface area (TPSA) is 68.0 Å². The smallest absolute Gasteiger partial charge is 0.250 e. The molecule has 5 nitrogen and oxygen atoms in total. The molecule has 0 aliphatic rings. The molecule has 0 aliphatic carbocycles. The number of nitrogens with one attached hydrogen (secondary N) is 1. The molecule has 22 heavy (non-hydrogen) atoms. The maximum absolute atomic E-state index is 11.8. The first kappa shape index (κ1) is 13.8. The number of hydrogen-bond acceptors (Lipinski definition) is 4. The van der Waals surface area contributed by atoms with Gasteiger partial charge in [-0.3, -0.25) is 15.1 Å². The van der Waals surface area contributed by atoms with Crippen molar-refractivity contribution in [2.24, 2.45) is 0 Å². The Labute approximate surface area is 127 Å². The minimum Gasteiger partial charge on any atom is -0.338 e. The van der Waals surface area contributed by atoms with Crippen LogP contribution in [0, 0.1) is 0 Å². The normalized spacial score (nSPS) is 10.7. The first-order valence-corrected chi connectivity index (χ1v) is 6.72. The van der Waals surface area contributed by atoms with Gasteiger partial charge in [0.2, 0.25) is 5.88 Å². The van der Waals surface area contributed by atoms with E-state index < -0.39 is 0 Å². The van der Waals surface area contributed by atoms with Crippen molar-refractivity contribution in [3.63, 3.8) is 0 Å². The molecule has 5 heteroatoms. The van der Waals surface area contributed by atoms with Crippen molar-refractivity contribution in [3.05, 3.63) is 72.6 Å². The standard InChI is InChI=1S/C17H13N3O2/c21-16(9-8-13-5-2-1-3-6-13)19-17-11-15(20-22-17)14-7-4-10-18-12-14/h1-12H,(H,19,21)/b9-8+. The quantitative estimate of drug-likeness (QED) is 0.748. The van der Waals surface area contributed by atoms with Crippen LogP contribution in [0.1, 0.15) is 5.56 Å². The lowest BCUT2D eigenvalue weighted by Gasteiger charge is -1.95. The van der Waals surface area contributed by atoms with E-state index >= 15 is 0 Å². The predicted octanol–water partition coefficient (Wildman–Crippen LogP) is 3.39. The number of hydrogen-bond donors (Lipinski definition) is 1. The fraction of sp³-hybridized carbons (Fsp3) is 0. The molecule has 0 aliphatic heterocycles. The van der Waals surface area contributed by atoms with Gasteiger partial charge in [-0.15, -0.1) is 0 Å². The number of carbonyl (C=O) groups is 1. The van der Waals surface area contributed by atoms with E-state index in [2.05, 4.69) is 15.5 Å². The molecular weight excluding hydrogens is 278 g/mol. The van der Waals surface area contributed by atoms with Gasteiger partial charge in [0, 0.05) is 30.1 Å². The summed E-state index contributed by atoms with van der Waals surface area (Å²) in [5.74, 6) is 0.0132. The summed E-state index contributed by atoms with van der Waals surface area (Å²) in [6, 6.07) is 14.9. The molecule has 1 N–H and O–H groups in total. The van der Waals surface area contributed by atoms with E-state index in [-0.39, 0.29) is 5.91 Å². The number of amides is 1. The van der Waals surface area contributed by atoms with Gasteiger partial charge >= 0.3 is 0 Å². The van der Waals surface area contributed by atoms with Crippen LogP contribution in [0.3, 0.4) is 0 Å². The van der Waals surface area contributed by atoms with Gasteiger partial charge in [-0.1, -0.05) is 35.5 Å². The lowest BCUT2D eigenvalue weighted by Crippen LogP contribution is -2.06. The number of pyridine rings is 1. The van der Waals surface area contributed by atoms with E-state index in [9.17, 15) is 4.79 Å². The van der Waals surface area contributed by atoms with Crippen molar-refractivity contribution in [2.75, 3.05) is 5.32 Å². The predicted molar refractivity (Wildman–Crippen MR) is 83.8 cm³/mol. The lowest BCUT2D eigenvalue weighted by atomic mass is 10.2. The highest BCUT2D eigenvalue weighted by Gasteiger charge is 2.07. The van der Waals surface area contributed by atoms with Crippen LogP contribution in [0.15, 0.2) is 71.5 Å². The number of benzene rings is 1. The molecule has 0 unspecified atom stereocenters. The Bertz CT molecular complexity index is 780. The van der Waals surface area contributed by atoms with Crippen LogP contribution in [0.2, 0.25) is 0 Å². The number of carbonyl (C=O) groups excluding carboxylic acids is 1. The van der Waals surface area contributed by atoms with Crippen LogP contribution in [0.4, 0.5) is 5.88 Å². The van der Waals surface area contributed by atoms with Crippen molar-refractivity contribution in [2.45, 2.75) is 0 Å². The molecule has 2 heterocycles. The van der Waals surface area contributed by atoms with Gasteiger partial charge in [0.25, 0.3) is 5.91 Å². The largest absolute Gasteiger partial charge is 0.338 e.